The molecule has 0 aliphatic carbocycles. The van der Waals surface area contributed by atoms with Crippen molar-refractivity contribution in [3.63, 3.8) is 0 Å². The van der Waals surface area contributed by atoms with Gasteiger partial charge >= 0.3 is 6.18 Å². The summed E-state index contributed by atoms with van der Waals surface area (Å²) in [5.41, 5.74) is 1.93. The summed E-state index contributed by atoms with van der Waals surface area (Å²) in [5, 5.41) is 2.84. The molecule has 1 aliphatic heterocycles. The summed E-state index contributed by atoms with van der Waals surface area (Å²) in [7, 11) is 0. The Morgan fingerprint density at radius 2 is 2.04 bits per heavy atom. The quantitative estimate of drug-likeness (QED) is 0.760. The molecule has 0 unspecified atom stereocenters. The first-order valence-corrected chi connectivity index (χ1v) is 8.75. The molecular formula is C19H21F3N4O. The summed E-state index contributed by atoms with van der Waals surface area (Å²) < 4.78 is 37.8. The highest BCUT2D eigenvalue weighted by Crippen LogP contribution is 2.29. The van der Waals surface area contributed by atoms with Crippen LogP contribution in [0.4, 0.5) is 13.2 Å². The fourth-order valence-electron chi connectivity index (χ4n) is 2.99. The maximum Gasteiger partial charge on any atom is 0.416 e. The van der Waals surface area contributed by atoms with E-state index in [9.17, 15) is 18.0 Å². The van der Waals surface area contributed by atoms with Gasteiger partial charge in [0.25, 0.3) is 5.91 Å². The van der Waals surface area contributed by atoms with Crippen LogP contribution in [0.3, 0.4) is 0 Å². The van der Waals surface area contributed by atoms with Gasteiger partial charge in [-0.15, -0.1) is 0 Å². The van der Waals surface area contributed by atoms with Crippen LogP contribution in [-0.4, -0.2) is 47.0 Å². The molecule has 0 bridgehead atoms. The van der Waals surface area contributed by atoms with E-state index in [1.165, 1.54) is 18.1 Å². The Bertz CT molecular complexity index is 782. The van der Waals surface area contributed by atoms with E-state index < -0.39 is 11.7 Å². The van der Waals surface area contributed by atoms with Gasteiger partial charge in [0.2, 0.25) is 0 Å². The smallest absolute Gasteiger partial charge is 0.349 e. The number of alkyl halides is 3. The van der Waals surface area contributed by atoms with Gasteiger partial charge in [0, 0.05) is 26.2 Å². The number of aromatic amines is 1. The number of benzene rings is 1. The van der Waals surface area contributed by atoms with Gasteiger partial charge in [-0.3, -0.25) is 9.69 Å². The van der Waals surface area contributed by atoms with Crippen molar-refractivity contribution in [1.29, 1.82) is 0 Å². The van der Waals surface area contributed by atoms with Crippen molar-refractivity contribution in [2.75, 3.05) is 26.2 Å². The highest BCUT2D eigenvalue weighted by Gasteiger charge is 2.29. The predicted octanol–water partition coefficient (Wildman–Crippen LogP) is 3.03. The molecule has 0 spiro atoms. The van der Waals surface area contributed by atoms with Crippen molar-refractivity contribution in [2.24, 2.45) is 0 Å². The van der Waals surface area contributed by atoms with Gasteiger partial charge in [-0.25, -0.2) is 4.98 Å². The molecule has 2 aromatic rings. The topological polar surface area (TPSA) is 61.0 Å². The predicted molar refractivity (Wildman–Crippen MR) is 95.2 cm³/mol. The summed E-state index contributed by atoms with van der Waals surface area (Å²) >= 11 is 0. The molecular weight excluding hydrogens is 357 g/mol. The van der Waals surface area contributed by atoms with Crippen molar-refractivity contribution in [3.05, 3.63) is 65.3 Å². The third-order valence-electron chi connectivity index (χ3n) is 4.56. The Hall–Kier alpha value is -2.61. The van der Waals surface area contributed by atoms with Crippen LogP contribution in [0.5, 0.6) is 0 Å². The number of amides is 1. The molecule has 8 heteroatoms. The van der Waals surface area contributed by atoms with Crippen LogP contribution in [0, 0.1) is 0 Å². The first-order valence-electron chi connectivity index (χ1n) is 8.75. The van der Waals surface area contributed by atoms with Gasteiger partial charge in [-0.1, -0.05) is 23.8 Å². The van der Waals surface area contributed by atoms with Gasteiger partial charge in [-0.2, -0.15) is 13.2 Å². The van der Waals surface area contributed by atoms with Crippen molar-refractivity contribution < 1.29 is 18.0 Å². The molecule has 144 valence electrons. The number of halogens is 3. The number of nitrogens with one attached hydrogen (secondary N) is 2. The third-order valence-corrected chi connectivity index (χ3v) is 4.56. The maximum atomic E-state index is 12.6. The Labute approximate surface area is 155 Å². The first-order chi connectivity index (χ1) is 12.9. The van der Waals surface area contributed by atoms with E-state index in [1.54, 1.807) is 12.1 Å². The molecule has 27 heavy (non-hydrogen) atoms. The standard InChI is InChI=1S/C19H21F3N4O/c20-19(21,22)16-3-1-14(2-4-16)11-15-5-8-26(9-6-15)10-7-24-18(27)17-12-23-13-25-17/h1-5,12-13H,6-11H2,(H,23,25)(H,24,27). The van der Waals surface area contributed by atoms with Crippen LogP contribution in [0.1, 0.15) is 28.0 Å². The van der Waals surface area contributed by atoms with Crippen LogP contribution >= 0.6 is 0 Å². The van der Waals surface area contributed by atoms with Gasteiger partial charge < -0.3 is 10.3 Å². The second kappa shape index (κ2) is 8.39. The lowest BCUT2D eigenvalue weighted by Crippen LogP contribution is -2.37. The summed E-state index contributed by atoms with van der Waals surface area (Å²) in [5.74, 6) is -0.178. The minimum Gasteiger partial charge on any atom is -0.349 e. The van der Waals surface area contributed by atoms with E-state index >= 15 is 0 Å². The number of rotatable bonds is 6. The lowest BCUT2D eigenvalue weighted by molar-refractivity contribution is -0.137. The Balaban J connectivity index is 1.42. The van der Waals surface area contributed by atoms with Crippen molar-refractivity contribution in [2.45, 2.75) is 19.0 Å². The Morgan fingerprint density at radius 3 is 2.63 bits per heavy atom. The van der Waals surface area contributed by atoms with Gasteiger partial charge in [0.15, 0.2) is 0 Å². The molecule has 1 aromatic carbocycles. The number of carbonyl (C=O) groups excluding carboxylic acids is 1. The molecule has 0 fully saturated rings. The maximum absolute atomic E-state index is 12.6. The monoisotopic (exact) mass is 378 g/mol. The lowest BCUT2D eigenvalue weighted by atomic mass is 9.98. The molecule has 0 saturated carbocycles. The minimum absolute atomic E-state index is 0.178. The van der Waals surface area contributed by atoms with Crippen LogP contribution in [0.15, 0.2) is 48.4 Å². The molecule has 2 heterocycles. The number of carbonyl (C=O) groups is 1. The number of hydrogen-bond acceptors (Lipinski definition) is 3. The second-order valence-electron chi connectivity index (χ2n) is 6.51. The van der Waals surface area contributed by atoms with Crippen LogP contribution in [0.25, 0.3) is 0 Å². The Morgan fingerprint density at radius 1 is 1.26 bits per heavy atom. The molecule has 1 amide bonds. The lowest BCUT2D eigenvalue weighted by Gasteiger charge is -2.26. The molecule has 0 saturated heterocycles. The van der Waals surface area contributed by atoms with Crippen molar-refractivity contribution in [3.8, 4) is 0 Å². The molecule has 3 rings (SSSR count). The van der Waals surface area contributed by atoms with E-state index in [0.717, 1.165) is 43.8 Å². The Kier molecular flexibility index (Phi) is 5.95. The van der Waals surface area contributed by atoms with E-state index in [-0.39, 0.29) is 5.91 Å². The van der Waals surface area contributed by atoms with E-state index in [0.29, 0.717) is 18.7 Å². The molecule has 2 N–H and O–H groups in total. The van der Waals surface area contributed by atoms with Gasteiger partial charge in [0.1, 0.15) is 5.69 Å². The average Bonchev–Trinajstić information content (AvgIpc) is 3.18. The zero-order valence-corrected chi connectivity index (χ0v) is 14.7. The fourth-order valence-corrected chi connectivity index (χ4v) is 2.99. The SMILES string of the molecule is O=C(NCCN1CC=C(Cc2ccc(C(F)(F)F)cc2)CC1)c1cnc[nH]1. The zero-order valence-electron chi connectivity index (χ0n) is 14.7. The van der Waals surface area contributed by atoms with Crippen molar-refractivity contribution in [1.82, 2.24) is 20.2 Å². The fraction of sp³-hybridized carbons (Fsp3) is 0.368. The minimum atomic E-state index is -4.30. The number of H-pyrrole nitrogens is 1. The molecule has 1 aliphatic rings. The molecule has 0 radical (unpaired) electrons. The van der Waals surface area contributed by atoms with Crippen molar-refractivity contribution >= 4 is 5.91 Å². The summed E-state index contributed by atoms with van der Waals surface area (Å²) in [6, 6.07) is 5.35. The summed E-state index contributed by atoms with van der Waals surface area (Å²) in [6.07, 6.45) is 2.31. The number of aromatic nitrogens is 2. The van der Waals surface area contributed by atoms with E-state index in [1.807, 2.05) is 0 Å². The first kappa shape index (κ1) is 19.2. The van der Waals surface area contributed by atoms with E-state index in [4.69, 9.17) is 0 Å². The number of nitrogens with zero attached hydrogens (tertiary/aromatic N) is 2. The second-order valence-corrected chi connectivity index (χ2v) is 6.51. The summed E-state index contributed by atoms with van der Waals surface area (Å²) in [4.78, 5) is 20.6. The number of imidazole rings is 1. The average molecular weight is 378 g/mol. The van der Waals surface area contributed by atoms with E-state index in [2.05, 4.69) is 26.3 Å². The largest absolute Gasteiger partial charge is 0.416 e. The van der Waals surface area contributed by atoms with Gasteiger partial charge in [0.05, 0.1) is 18.1 Å². The van der Waals surface area contributed by atoms with Crippen LogP contribution < -0.4 is 5.32 Å². The summed E-state index contributed by atoms with van der Waals surface area (Å²) in [6.45, 7) is 2.92. The molecule has 5 nitrogen and oxygen atoms in total. The number of hydrogen-bond donors (Lipinski definition) is 2. The highest BCUT2D eigenvalue weighted by atomic mass is 19.4. The van der Waals surface area contributed by atoms with Crippen LogP contribution in [-0.2, 0) is 12.6 Å². The van der Waals surface area contributed by atoms with Crippen LogP contribution in [0.2, 0.25) is 0 Å². The highest BCUT2D eigenvalue weighted by molar-refractivity contribution is 5.91. The zero-order chi connectivity index (χ0) is 19.3. The molecule has 0 atom stereocenters. The molecule has 1 aromatic heterocycles. The van der Waals surface area contributed by atoms with Gasteiger partial charge in [-0.05, 0) is 30.5 Å². The third kappa shape index (κ3) is 5.43. The normalized spacial score (nSPS) is 15.4.